The van der Waals surface area contributed by atoms with Crippen molar-refractivity contribution in [2.24, 2.45) is 5.73 Å². The second-order valence-corrected chi connectivity index (χ2v) is 6.39. The SMILES string of the molecule is COc1cc(OC)c(N[C@H](C)C(=O)Nc2sccc2C(N)=O)cc1Cl. The third-order valence-corrected chi connectivity index (χ3v) is 4.53. The smallest absolute Gasteiger partial charge is 0.251 e. The maximum Gasteiger partial charge on any atom is 0.251 e. The van der Waals surface area contributed by atoms with Crippen LogP contribution in [-0.4, -0.2) is 32.1 Å². The molecular formula is C16H18ClN3O4S. The van der Waals surface area contributed by atoms with E-state index < -0.39 is 11.9 Å². The molecule has 0 bridgehead atoms. The third-order valence-electron chi connectivity index (χ3n) is 3.41. The first kappa shape index (κ1) is 18.9. The molecular weight excluding hydrogens is 366 g/mol. The van der Waals surface area contributed by atoms with Gasteiger partial charge in [-0.05, 0) is 24.4 Å². The molecule has 1 heterocycles. The first-order valence-electron chi connectivity index (χ1n) is 7.23. The van der Waals surface area contributed by atoms with Gasteiger partial charge in [0.1, 0.15) is 22.5 Å². The molecule has 0 aliphatic carbocycles. The van der Waals surface area contributed by atoms with E-state index in [2.05, 4.69) is 10.6 Å². The van der Waals surface area contributed by atoms with Gasteiger partial charge in [0.05, 0.1) is 30.5 Å². The zero-order valence-electron chi connectivity index (χ0n) is 13.9. The minimum Gasteiger partial charge on any atom is -0.495 e. The Balaban J connectivity index is 2.14. The number of carbonyl (C=O) groups is 2. The number of thiophene rings is 1. The van der Waals surface area contributed by atoms with Gasteiger partial charge in [-0.3, -0.25) is 9.59 Å². The van der Waals surface area contributed by atoms with Gasteiger partial charge in [-0.1, -0.05) is 11.6 Å². The summed E-state index contributed by atoms with van der Waals surface area (Å²) in [5, 5.41) is 8.18. The highest BCUT2D eigenvalue weighted by Crippen LogP contribution is 2.36. The Bertz CT molecular complexity index is 794. The Labute approximate surface area is 154 Å². The molecule has 1 atom stereocenters. The van der Waals surface area contributed by atoms with Gasteiger partial charge in [0.15, 0.2) is 0 Å². The van der Waals surface area contributed by atoms with Crippen molar-refractivity contribution in [1.29, 1.82) is 0 Å². The van der Waals surface area contributed by atoms with E-state index in [0.717, 1.165) is 0 Å². The number of hydrogen-bond donors (Lipinski definition) is 3. The van der Waals surface area contributed by atoms with Gasteiger partial charge < -0.3 is 25.8 Å². The van der Waals surface area contributed by atoms with Crippen LogP contribution in [-0.2, 0) is 4.79 Å². The molecule has 9 heteroatoms. The quantitative estimate of drug-likeness (QED) is 0.682. The fourth-order valence-electron chi connectivity index (χ4n) is 2.09. The molecule has 4 N–H and O–H groups in total. The summed E-state index contributed by atoms with van der Waals surface area (Å²) >= 11 is 7.34. The Morgan fingerprint density at radius 1 is 1.24 bits per heavy atom. The predicted octanol–water partition coefficient (Wildman–Crippen LogP) is 2.96. The molecule has 0 spiro atoms. The van der Waals surface area contributed by atoms with Gasteiger partial charge in [-0.15, -0.1) is 11.3 Å². The first-order valence-corrected chi connectivity index (χ1v) is 8.49. The standard InChI is InChI=1S/C16H18ClN3O4S/c1-8(15(22)20-16-9(14(18)21)4-5-25-16)19-11-6-10(17)12(23-2)7-13(11)24-3/h4-8,19H,1-3H3,(H2,18,21)(H,20,22)/t8-/m1/s1. The average Bonchev–Trinajstić information content (AvgIpc) is 3.03. The van der Waals surface area contributed by atoms with E-state index in [-0.39, 0.29) is 11.5 Å². The van der Waals surface area contributed by atoms with Gasteiger partial charge in [0.25, 0.3) is 5.91 Å². The van der Waals surface area contributed by atoms with Gasteiger partial charge in [0, 0.05) is 6.07 Å². The van der Waals surface area contributed by atoms with Crippen LogP contribution in [0.4, 0.5) is 10.7 Å². The minimum absolute atomic E-state index is 0.274. The Morgan fingerprint density at radius 2 is 1.92 bits per heavy atom. The van der Waals surface area contributed by atoms with Crippen molar-refractivity contribution in [3.05, 3.63) is 34.2 Å². The lowest BCUT2D eigenvalue weighted by Gasteiger charge is -2.18. The molecule has 1 aromatic heterocycles. The van der Waals surface area contributed by atoms with Gasteiger partial charge in [-0.2, -0.15) is 0 Å². The number of rotatable bonds is 7. The summed E-state index contributed by atoms with van der Waals surface area (Å²) < 4.78 is 10.4. The van der Waals surface area contributed by atoms with E-state index in [1.54, 1.807) is 30.5 Å². The van der Waals surface area contributed by atoms with E-state index in [0.29, 0.717) is 27.2 Å². The van der Waals surface area contributed by atoms with E-state index in [1.165, 1.54) is 25.6 Å². The van der Waals surface area contributed by atoms with E-state index in [4.69, 9.17) is 26.8 Å². The van der Waals surface area contributed by atoms with Crippen LogP contribution in [0.2, 0.25) is 5.02 Å². The van der Waals surface area contributed by atoms with Crippen LogP contribution in [0, 0.1) is 0 Å². The lowest BCUT2D eigenvalue weighted by Crippen LogP contribution is -2.32. The summed E-state index contributed by atoms with van der Waals surface area (Å²) in [6, 6.07) is 4.18. The Morgan fingerprint density at radius 3 is 2.52 bits per heavy atom. The van der Waals surface area contributed by atoms with E-state index in [9.17, 15) is 9.59 Å². The number of methoxy groups -OCH3 is 2. The van der Waals surface area contributed by atoms with Crippen molar-refractivity contribution >= 4 is 45.4 Å². The van der Waals surface area contributed by atoms with Crippen LogP contribution >= 0.6 is 22.9 Å². The van der Waals surface area contributed by atoms with Crippen molar-refractivity contribution in [2.75, 3.05) is 24.9 Å². The lowest BCUT2D eigenvalue weighted by molar-refractivity contribution is -0.116. The molecule has 2 amide bonds. The number of nitrogens with one attached hydrogen (secondary N) is 2. The summed E-state index contributed by atoms with van der Waals surface area (Å²) in [6.07, 6.45) is 0. The highest BCUT2D eigenvalue weighted by Gasteiger charge is 2.19. The molecule has 134 valence electrons. The van der Waals surface area contributed by atoms with Crippen LogP contribution in [0.5, 0.6) is 11.5 Å². The number of carbonyl (C=O) groups excluding carboxylic acids is 2. The minimum atomic E-state index is -0.624. The van der Waals surface area contributed by atoms with Gasteiger partial charge in [0.2, 0.25) is 5.91 Å². The fourth-order valence-corrected chi connectivity index (χ4v) is 3.13. The number of halogens is 1. The lowest BCUT2D eigenvalue weighted by atomic mass is 10.2. The molecule has 1 aromatic carbocycles. The van der Waals surface area contributed by atoms with Crippen molar-refractivity contribution in [1.82, 2.24) is 0 Å². The van der Waals surface area contributed by atoms with Crippen molar-refractivity contribution < 1.29 is 19.1 Å². The van der Waals surface area contributed by atoms with Crippen LogP contribution in [0.25, 0.3) is 0 Å². The highest BCUT2D eigenvalue weighted by atomic mass is 35.5. The number of amides is 2. The molecule has 2 aromatic rings. The number of hydrogen-bond acceptors (Lipinski definition) is 6. The first-order chi connectivity index (χ1) is 11.9. The average molecular weight is 384 g/mol. The van der Waals surface area contributed by atoms with Gasteiger partial charge in [-0.25, -0.2) is 0 Å². The predicted molar refractivity (Wildman–Crippen MR) is 99.1 cm³/mol. The summed E-state index contributed by atoms with van der Waals surface area (Å²) in [7, 11) is 3.00. The summed E-state index contributed by atoms with van der Waals surface area (Å²) in [5.74, 6) is 0.0143. The summed E-state index contributed by atoms with van der Waals surface area (Å²) in [5.41, 5.74) is 6.09. The molecule has 0 aliphatic rings. The number of benzene rings is 1. The number of nitrogens with two attached hydrogens (primary N) is 1. The summed E-state index contributed by atoms with van der Waals surface area (Å²) in [6.45, 7) is 1.67. The van der Waals surface area contributed by atoms with Crippen LogP contribution in [0.1, 0.15) is 17.3 Å². The summed E-state index contributed by atoms with van der Waals surface area (Å²) in [4.78, 5) is 23.7. The Kier molecular flexibility index (Phi) is 6.11. The van der Waals surface area contributed by atoms with Crippen molar-refractivity contribution in [3.8, 4) is 11.5 Å². The van der Waals surface area contributed by atoms with E-state index >= 15 is 0 Å². The third kappa shape index (κ3) is 4.34. The molecule has 0 saturated heterocycles. The largest absolute Gasteiger partial charge is 0.495 e. The topological polar surface area (TPSA) is 103 Å². The molecule has 0 aliphatic heterocycles. The van der Waals surface area contributed by atoms with Crippen LogP contribution in [0.15, 0.2) is 23.6 Å². The molecule has 7 nitrogen and oxygen atoms in total. The molecule has 2 rings (SSSR count). The molecule has 0 saturated carbocycles. The van der Waals surface area contributed by atoms with Crippen molar-refractivity contribution in [2.45, 2.75) is 13.0 Å². The second kappa shape index (κ2) is 8.09. The zero-order valence-corrected chi connectivity index (χ0v) is 15.5. The van der Waals surface area contributed by atoms with Crippen LogP contribution < -0.4 is 25.8 Å². The monoisotopic (exact) mass is 383 g/mol. The number of ether oxygens (including phenoxy) is 2. The Hall–Kier alpha value is -2.45. The fraction of sp³-hybridized carbons (Fsp3) is 0.250. The van der Waals surface area contributed by atoms with Crippen LogP contribution in [0.3, 0.4) is 0 Å². The maximum absolute atomic E-state index is 12.4. The number of primary amides is 1. The second-order valence-electron chi connectivity index (χ2n) is 5.07. The number of anilines is 2. The van der Waals surface area contributed by atoms with E-state index in [1.807, 2.05) is 0 Å². The zero-order chi connectivity index (χ0) is 18.6. The molecule has 0 radical (unpaired) electrons. The molecule has 0 unspecified atom stereocenters. The highest BCUT2D eigenvalue weighted by molar-refractivity contribution is 7.14. The van der Waals surface area contributed by atoms with Crippen molar-refractivity contribution in [3.63, 3.8) is 0 Å². The molecule has 0 fully saturated rings. The normalized spacial score (nSPS) is 11.5. The van der Waals surface area contributed by atoms with Gasteiger partial charge >= 0.3 is 0 Å². The maximum atomic E-state index is 12.4. The molecule has 25 heavy (non-hydrogen) atoms.